The highest BCUT2D eigenvalue weighted by molar-refractivity contribution is 7.15. The minimum absolute atomic E-state index is 0.131. The fourth-order valence-electron chi connectivity index (χ4n) is 3.16. The number of amides is 2. The highest BCUT2D eigenvalue weighted by Gasteiger charge is 2.21. The number of hydrogen-bond donors (Lipinski definition) is 1. The minimum atomic E-state index is -0.224. The van der Waals surface area contributed by atoms with E-state index in [-0.39, 0.29) is 11.8 Å². The zero-order chi connectivity index (χ0) is 19.5. The maximum absolute atomic E-state index is 12.5. The Hall–Kier alpha value is -2.70. The smallest absolute Gasteiger partial charge is 0.257 e. The second-order valence-corrected chi connectivity index (χ2v) is 8.07. The van der Waals surface area contributed by atoms with Crippen LogP contribution < -0.4 is 10.2 Å². The number of hydrogen-bond acceptors (Lipinski definition) is 4. The van der Waals surface area contributed by atoms with E-state index < -0.39 is 0 Å². The molecule has 28 heavy (non-hydrogen) atoms. The van der Waals surface area contributed by atoms with Crippen molar-refractivity contribution in [1.29, 1.82) is 0 Å². The molecule has 0 unspecified atom stereocenters. The summed E-state index contributed by atoms with van der Waals surface area (Å²) in [5.41, 5.74) is 2.38. The van der Waals surface area contributed by atoms with Gasteiger partial charge in [0.05, 0.1) is 0 Å². The first-order valence-corrected chi connectivity index (χ1v) is 10.2. The van der Waals surface area contributed by atoms with Gasteiger partial charge in [0.15, 0.2) is 5.13 Å². The van der Waals surface area contributed by atoms with Crippen LogP contribution in [0.3, 0.4) is 0 Å². The third-order valence-corrected chi connectivity index (χ3v) is 5.89. The second kappa shape index (κ2) is 8.12. The maximum atomic E-state index is 12.5. The van der Waals surface area contributed by atoms with Gasteiger partial charge in [0.2, 0.25) is 5.91 Å². The first kappa shape index (κ1) is 18.7. The highest BCUT2D eigenvalue weighted by atomic mass is 35.5. The van der Waals surface area contributed by atoms with E-state index in [2.05, 4.69) is 10.3 Å². The van der Waals surface area contributed by atoms with Gasteiger partial charge in [-0.1, -0.05) is 29.8 Å². The highest BCUT2D eigenvalue weighted by Crippen LogP contribution is 2.26. The Labute approximate surface area is 172 Å². The van der Waals surface area contributed by atoms with Gasteiger partial charge in [-0.05, 0) is 42.3 Å². The van der Waals surface area contributed by atoms with Crippen molar-refractivity contribution in [2.45, 2.75) is 19.3 Å². The van der Waals surface area contributed by atoms with E-state index in [0.717, 1.165) is 34.1 Å². The quantitative estimate of drug-likeness (QED) is 0.658. The minimum Gasteiger partial charge on any atom is -0.312 e. The monoisotopic (exact) mass is 411 g/mol. The van der Waals surface area contributed by atoms with Crippen LogP contribution in [0.25, 0.3) is 0 Å². The normalized spacial score (nSPS) is 13.8. The van der Waals surface area contributed by atoms with Gasteiger partial charge >= 0.3 is 0 Å². The van der Waals surface area contributed by atoms with Crippen LogP contribution in [0.1, 0.15) is 33.6 Å². The molecule has 142 valence electrons. The van der Waals surface area contributed by atoms with E-state index in [1.165, 1.54) is 11.3 Å². The molecule has 7 heteroatoms. The zero-order valence-electron chi connectivity index (χ0n) is 15.0. The molecule has 1 aromatic heterocycles. The Morgan fingerprint density at radius 3 is 2.68 bits per heavy atom. The molecule has 0 aliphatic carbocycles. The Balaban J connectivity index is 1.40. The standard InChI is InChI=1S/C21H18ClN3O2S/c22-18-5-2-1-4-15(18)12-17-13-23-21(28-17)24-20(27)14-7-9-16(10-8-14)25-11-3-6-19(25)26/h1-2,4-5,7-10,13H,3,6,11-12H2,(H,23,24,27). The van der Waals surface area contributed by atoms with E-state index in [0.29, 0.717) is 23.5 Å². The van der Waals surface area contributed by atoms with E-state index in [4.69, 9.17) is 11.6 Å². The van der Waals surface area contributed by atoms with Crippen LogP contribution in [0.15, 0.2) is 54.7 Å². The third kappa shape index (κ3) is 4.08. The average Bonchev–Trinajstić information content (AvgIpc) is 3.32. The summed E-state index contributed by atoms with van der Waals surface area (Å²) < 4.78 is 0. The van der Waals surface area contributed by atoms with Crippen molar-refractivity contribution in [3.8, 4) is 0 Å². The molecule has 1 aliphatic rings. The van der Waals surface area contributed by atoms with Gasteiger partial charge in [-0.2, -0.15) is 0 Å². The third-order valence-electron chi connectivity index (χ3n) is 4.61. The summed E-state index contributed by atoms with van der Waals surface area (Å²) in [6, 6.07) is 14.8. The Morgan fingerprint density at radius 1 is 1.18 bits per heavy atom. The molecule has 1 fully saturated rings. The molecule has 0 saturated carbocycles. The van der Waals surface area contributed by atoms with Gasteiger partial charge in [-0.25, -0.2) is 4.98 Å². The molecule has 0 radical (unpaired) electrons. The lowest BCUT2D eigenvalue weighted by atomic mass is 10.1. The number of aromatic nitrogens is 1. The number of carbonyl (C=O) groups excluding carboxylic acids is 2. The summed E-state index contributed by atoms with van der Waals surface area (Å²) in [6.07, 6.45) is 3.89. The summed E-state index contributed by atoms with van der Waals surface area (Å²) in [5.74, 6) is -0.0935. The van der Waals surface area contributed by atoms with Gasteiger partial charge in [-0.3, -0.25) is 14.9 Å². The van der Waals surface area contributed by atoms with Crippen molar-refractivity contribution >= 4 is 45.6 Å². The Bertz CT molecular complexity index is 1020. The molecule has 2 aromatic carbocycles. The summed E-state index contributed by atoms with van der Waals surface area (Å²) >= 11 is 7.63. The number of carbonyl (C=O) groups is 2. The molecule has 5 nitrogen and oxygen atoms in total. The van der Waals surface area contributed by atoms with Crippen molar-refractivity contribution < 1.29 is 9.59 Å². The van der Waals surface area contributed by atoms with Crippen molar-refractivity contribution in [1.82, 2.24) is 4.98 Å². The zero-order valence-corrected chi connectivity index (χ0v) is 16.6. The topological polar surface area (TPSA) is 62.3 Å². The number of rotatable bonds is 5. The van der Waals surface area contributed by atoms with E-state index >= 15 is 0 Å². The SMILES string of the molecule is O=C(Nc1ncc(Cc2ccccc2Cl)s1)c1ccc(N2CCCC2=O)cc1. The number of halogens is 1. The molecule has 1 saturated heterocycles. The lowest BCUT2D eigenvalue weighted by Gasteiger charge is -2.15. The number of nitrogens with zero attached hydrogens (tertiary/aromatic N) is 2. The molecule has 1 N–H and O–H groups in total. The van der Waals surface area contributed by atoms with Crippen LogP contribution in [0.4, 0.5) is 10.8 Å². The van der Waals surface area contributed by atoms with Gasteiger partial charge < -0.3 is 4.90 Å². The fourth-order valence-corrected chi connectivity index (χ4v) is 4.19. The summed E-state index contributed by atoms with van der Waals surface area (Å²) in [7, 11) is 0. The molecule has 4 rings (SSSR count). The average molecular weight is 412 g/mol. The predicted molar refractivity (Wildman–Crippen MR) is 112 cm³/mol. The molecule has 0 atom stereocenters. The molecule has 2 heterocycles. The van der Waals surface area contributed by atoms with Crippen LogP contribution >= 0.6 is 22.9 Å². The molecular weight excluding hydrogens is 394 g/mol. The van der Waals surface area contributed by atoms with Crippen molar-refractivity contribution in [2.75, 3.05) is 16.8 Å². The summed E-state index contributed by atoms with van der Waals surface area (Å²) in [4.78, 5) is 31.4. The predicted octanol–water partition coefficient (Wildman–Crippen LogP) is 4.77. The molecular formula is C21H18ClN3O2S. The van der Waals surface area contributed by atoms with Crippen LogP contribution in [0.2, 0.25) is 5.02 Å². The van der Waals surface area contributed by atoms with Crippen LogP contribution in [0, 0.1) is 0 Å². The molecule has 3 aromatic rings. The van der Waals surface area contributed by atoms with Gasteiger partial charge in [-0.15, -0.1) is 11.3 Å². The molecule has 0 spiro atoms. The number of thiazole rings is 1. The maximum Gasteiger partial charge on any atom is 0.257 e. The van der Waals surface area contributed by atoms with Crippen molar-refractivity contribution in [3.63, 3.8) is 0 Å². The van der Waals surface area contributed by atoms with Crippen LogP contribution in [0.5, 0.6) is 0 Å². The van der Waals surface area contributed by atoms with Crippen molar-refractivity contribution in [3.05, 3.63) is 75.8 Å². The van der Waals surface area contributed by atoms with E-state index in [9.17, 15) is 9.59 Å². The lowest BCUT2D eigenvalue weighted by molar-refractivity contribution is -0.117. The Morgan fingerprint density at radius 2 is 1.96 bits per heavy atom. The fraction of sp³-hybridized carbons (Fsp3) is 0.190. The second-order valence-electron chi connectivity index (χ2n) is 6.55. The first-order chi connectivity index (χ1) is 13.6. The molecule has 0 bridgehead atoms. The largest absolute Gasteiger partial charge is 0.312 e. The van der Waals surface area contributed by atoms with Crippen LogP contribution in [-0.2, 0) is 11.2 Å². The van der Waals surface area contributed by atoms with E-state index in [1.54, 1.807) is 23.2 Å². The number of anilines is 2. The molecule has 1 aliphatic heterocycles. The van der Waals surface area contributed by atoms with Crippen molar-refractivity contribution in [2.24, 2.45) is 0 Å². The lowest BCUT2D eigenvalue weighted by Crippen LogP contribution is -2.23. The first-order valence-electron chi connectivity index (χ1n) is 9.00. The Kier molecular flexibility index (Phi) is 5.41. The van der Waals surface area contributed by atoms with Gasteiger partial charge in [0.25, 0.3) is 5.91 Å². The van der Waals surface area contributed by atoms with Gasteiger partial charge in [0, 0.05) is 46.7 Å². The van der Waals surface area contributed by atoms with Crippen LogP contribution in [-0.4, -0.2) is 23.3 Å². The number of nitrogens with one attached hydrogen (secondary N) is 1. The summed E-state index contributed by atoms with van der Waals surface area (Å²) in [5, 5.41) is 4.10. The molecule has 2 amide bonds. The van der Waals surface area contributed by atoms with E-state index in [1.807, 2.05) is 36.4 Å². The van der Waals surface area contributed by atoms with Gasteiger partial charge in [0.1, 0.15) is 0 Å². The summed E-state index contributed by atoms with van der Waals surface area (Å²) in [6.45, 7) is 0.734. The number of benzene rings is 2.